The third kappa shape index (κ3) is 4.70. The van der Waals surface area contributed by atoms with Gasteiger partial charge in [0.05, 0.1) is 11.3 Å². The minimum Gasteiger partial charge on any atom is -0.297 e. The molecule has 0 spiro atoms. The zero-order valence-corrected chi connectivity index (χ0v) is 14.4. The van der Waals surface area contributed by atoms with Crippen molar-refractivity contribution in [1.82, 2.24) is 14.8 Å². The summed E-state index contributed by atoms with van der Waals surface area (Å²) in [7, 11) is 0. The molecule has 0 saturated carbocycles. The summed E-state index contributed by atoms with van der Waals surface area (Å²) >= 11 is 0. The molecule has 6 nitrogen and oxygen atoms in total. The molecule has 8 heteroatoms. The molecule has 138 valence electrons. The topological polar surface area (TPSA) is 88.6 Å². The fourth-order valence-corrected chi connectivity index (χ4v) is 2.86. The van der Waals surface area contributed by atoms with Gasteiger partial charge in [-0.25, -0.2) is 13.5 Å². The molecule has 2 heterocycles. The second-order valence-electron chi connectivity index (χ2n) is 6.41. The standard InChI is InChI=1S/C19H16F2N4O2/c20-19(21)5-3-15(4-6-19)17-1-2-18(27)25(24-17)12-16(26)8-13-7-14(9-22)11-23-10-13/h1-3,7,10-11H,4-6,8,12H2. The van der Waals surface area contributed by atoms with Gasteiger partial charge in [-0.15, -0.1) is 0 Å². The Morgan fingerprint density at radius 3 is 2.85 bits per heavy atom. The maximum absolute atomic E-state index is 13.3. The van der Waals surface area contributed by atoms with Crippen LogP contribution in [-0.2, 0) is 17.8 Å². The lowest BCUT2D eigenvalue weighted by Gasteiger charge is -2.21. The predicted molar refractivity (Wildman–Crippen MR) is 92.9 cm³/mol. The summed E-state index contributed by atoms with van der Waals surface area (Å²) in [6, 6.07) is 6.27. The maximum atomic E-state index is 13.3. The van der Waals surface area contributed by atoms with Crippen molar-refractivity contribution in [3.63, 3.8) is 0 Å². The molecular formula is C19H16F2N4O2. The summed E-state index contributed by atoms with van der Waals surface area (Å²) in [6.07, 6.45) is 3.87. The molecule has 0 fully saturated rings. The van der Waals surface area contributed by atoms with Gasteiger partial charge in [0.15, 0.2) is 5.78 Å². The Morgan fingerprint density at radius 2 is 2.15 bits per heavy atom. The van der Waals surface area contributed by atoms with E-state index < -0.39 is 11.5 Å². The van der Waals surface area contributed by atoms with Crippen molar-refractivity contribution < 1.29 is 13.6 Å². The van der Waals surface area contributed by atoms with Gasteiger partial charge in [0.2, 0.25) is 0 Å². The van der Waals surface area contributed by atoms with Crippen LogP contribution in [0.4, 0.5) is 8.78 Å². The lowest BCUT2D eigenvalue weighted by molar-refractivity contribution is -0.119. The molecule has 27 heavy (non-hydrogen) atoms. The van der Waals surface area contributed by atoms with E-state index in [4.69, 9.17) is 5.26 Å². The van der Waals surface area contributed by atoms with E-state index in [1.165, 1.54) is 30.6 Å². The van der Waals surface area contributed by atoms with Crippen molar-refractivity contribution in [2.24, 2.45) is 0 Å². The molecule has 1 aliphatic carbocycles. The first-order chi connectivity index (χ1) is 12.9. The minimum absolute atomic E-state index is 0.00971. The first-order valence-corrected chi connectivity index (χ1v) is 8.37. The van der Waals surface area contributed by atoms with Gasteiger partial charge >= 0.3 is 0 Å². The molecule has 0 aromatic carbocycles. The summed E-state index contributed by atoms with van der Waals surface area (Å²) in [6.45, 7) is -0.243. The van der Waals surface area contributed by atoms with Gasteiger partial charge in [0.25, 0.3) is 11.5 Å². The van der Waals surface area contributed by atoms with Crippen LogP contribution in [0, 0.1) is 11.3 Å². The Bertz CT molecular complexity index is 1010. The average Bonchev–Trinajstić information content (AvgIpc) is 2.64. The SMILES string of the molecule is N#Cc1cncc(CC(=O)Cn2nc(C3=CCC(F)(F)CC3)ccc2=O)c1. The first kappa shape index (κ1) is 18.6. The number of aromatic nitrogens is 3. The van der Waals surface area contributed by atoms with Crippen LogP contribution in [0.2, 0.25) is 0 Å². The fraction of sp³-hybridized carbons (Fsp3) is 0.316. The van der Waals surface area contributed by atoms with Gasteiger partial charge in [-0.05, 0) is 29.7 Å². The highest BCUT2D eigenvalue weighted by Crippen LogP contribution is 2.35. The van der Waals surface area contributed by atoms with Crippen LogP contribution in [0.3, 0.4) is 0 Å². The molecule has 0 bridgehead atoms. The first-order valence-electron chi connectivity index (χ1n) is 8.37. The van der Waals surface area contributed by atoms with E-state index in [0.29, 0.717) is 22.4 Å². The van der Waals surface area contributed by atoms with Crippen LogP contribution in [-0.4, -0.2) is 26.5 Å². The number of ketones is 1. The predicted octanol–water partition coefficient (Wildman–Crippen LogP) is 2.52. The van der Waals surface area contributed by atoms with Crippen LogP contribution in [0.15, 0.2) is 41.5 Å². The number of hydrogen-bond acceptors (Lipinski definition) is 5. The molecule has 0 saturated heterocycles. The number of carbonyl (C=O) groups excluding carboxylic acids is 1. The van der Waals surface area contributed by atoms with E-state index >= 15 is 0 Å². The Labute approximate surface area is 153 Å². The number of allylic oxidation sites excluding steroid dienone is 2. The molecule has 3 rings (SSSR count). The number of rotatable bonds is 5. The molecule has 0 N–H and O–H groups in total. The molecule has 1 aliphatic rings. The Kier molecular flexibility index (Phi) is 5.21. The summed E-state index contributed by atoms with van der Waals surface area (Å²) < 4.78 is 27.6. The van der Waals surface area contributed by atoms with E-state index in [0.717, 1.165) is 4.68 Å². The number of nitriles is 1. The fourth-order valence-electron chi connectivity index (χ4n) is 2.86. The second-order valence-corrected chi connectivity index (χ2v) is 6.41. The highest BCUT2D eigenvalue weighted by atomic mass is 19.3. The summed E-state index contributed by atoms with van der Waals surface area (Å²) in [4.78, 5) is 28.2. The van der Waals surface area contributed by atoms with Gasteiger partial charge in [-0.1, -0.05) is 6.08 Å². The van der Waals surface area contributed by atoms with Crippen molar-refractivity contribution in [3.8, 4) is 6.07 Å². The van der Waals surface area contributed by atoms with Crippen LogP contribution >= 0.6 is 0 Å². The van der Waals surface area contributed by atoms with E-state index in [1.54, 1.807) is 6.07 Å². The molecule has 2 aromatic rings. The number of alkyl halides is 2. The molecule has 0 radical (unpaired) electrons. The van der Waals surface area contributed by atoms with Crippen molar-refractivity contribution >= 4 is 11.4 Å². The van der Waals surface area contributed by atoms with Crippen LogP contribution in [0.25, 0.3) is 5.57 Å². The van der Waals surface area contributed by atoms with Gasteiger partial charge in [0, 0.05) is 37.7 Å². The van der Waals surface area contributed by atoms with Gasteiger partial charge < -0.3 is 0 Å². The number of nitrogens with zero attached hydrogens (tertiary/aromatic N) is 4. The van der Waals surface area contributed by atoms with Crippen LogP contribution in [0.5, 0.6) is 0 Å². The molecule has 0 unspecified atom stereocenters. The van der Waals surface area contributed by atoms with E-state index in [2.05, 4.69) is 10.1 Å². The van der Waals surface area contributed by atoms with E-state index in [-0.39, 0.29) is 38.0 Å². The quantitative estimate of drug-likeness (QED) is 0.807. The third-order valence-corrected chi connectivity index (χ3v) is 4.25. The van der Waals surface area contributed by atoms with Crippen LogP contribution < -0.4 is 5.56 Å². The largest absolute Gasteiger partial charge is 0.297 e. The third-order valence-electron chi connectivity index (χ3n) is 4.25. The smallest absolute Gasteiger partial charge is 0.267 e. The molecular weight excluding hydrogens is 354 g/mol. The molecule has 0 atom stereocenters. The highest BCUT2D eigenvalue weighted by molar-refractivity contribution is 5.80. The highest BCUT2D eigenvalue weighted by Gasteiger charge is 2.31. The van der Waals surface area contributed by atoms with Gasteiger partial charge in [-0.3, -0.25) is 14.6 Å². The van der Waals surface area contributed by atoms with Crippen LogP contribution in [0.1, 0.15) is 36.1 Å². The van der Waals surface area contributed by atoms with Crippen molar-refractivity contribution in [2.75, 3.05) is 0 Å². The van der Waals surface area contributed by atoms with E-state index in [9.17, 15) is 18.4 Å². The van der Waals surface area contributed by atoms with Gasteiger partial charge in [0.1, 0.15) is 12.6 Å². The molecule has 0 aliphatic heterocycles. The van der Waals surface area contributed by atoms with Crippen molar-refractivity contribution in [3.05, 3.63) is 63.8 Å². The maximum Gasteiger partial charge on any atom is 0.267 e. The van der Waals surface area contributed by atoms with Crippen molar-refractivity contribution in [2.45, 2.75) is 38.2 Å². The Balaban J connectivity index is 1.75. The van der Waals surface area contributed by atoms with Crippen molar-refractivity contribution in [1.29, 1.82) is 5.26 Å². The second kappa shape index (κ2) is 7.58. The summed E-state index contributed by atoms with van der Waals surface area (Å²) in [5, 5.41) is 13.0. The number of carbonyl (C=O) groups is 1. The lowest BCUT2D eigenvalue weighted by atomic mass is 9.94. The average molecular weight is 370 g/mol. The van der Waals surface area contributed by atoms with Gasteiger partial charge in [-0.2, -0.15) is 10.4 Å². The molecule has 0 amide bonds. The van der Waals surface area contributed by atoms with E-state index in [1.807, 2.05) is 6.07 Å². The monoisotopic (exact) mass is 370 g/mol. The number of Topliss-reactive ketones (excluding diaryl/α,β-unsaturated/α-hetero) is 1. The number of halogens is 2. The number of hydrogen-bond donors (Lipinski definition) is 0. The Morgan fingerprint density at radius 1 is 1.33 bits per heavy atom. The lowest BCUT2D eigenvalue weighted by Crippen LogP contribution is -2.28. The normalized spacial score (nSPS) is 15.7. The minimum atomic E-state index is -2.71. The number of pyridine rings is 1. The summed E-state index contributed by atoms with van der Waals surface area (Å²) in [5.74, 6) is -2.98. The summed E-state index contributed by atoms with van der Waals surface area (Å²) in [5.41, 5.74) is 1.54. The Hall–Kier alpha value is -3.21. The zero-order valence-electron chi connectivity index (χ0n) is 14.4. The zero-order chi connectivity index (χ0) is 19.4. The molecule has 2 aromatic heterocycles.